The first-order valence-corrected chi connectivity index (χ1v) is 6.03. The van der Waals surface area contributed by atoms with Gasteiger partial charge in [-0.25, -0.2) is 0 Å². The highest BCUT2D eigenvalue weighted by atomic mass is 16.4. The number of carbonyl (C=O) groups is 2. The fourth-order valence-electron chi connectivity index (χ4n) is 1.40. The van der Waals surface area contributed by atoms with Crippen LogP contribution < -0.4 is 10.6 Å². The number of carboxylic acid groups (broad SMARTS) is 1. The second-order valence-electron chi connectivity index (χ2n) is 5.21. The van der Waals surface area contributed by atoms with Crippen LogP contribution in [0.1, 0.15) is 47.0 Å². The fraction of sp³-hybridized carbons (Fsp3) is 0.833. The second-order valence-corrected chi connectivity index (χ2v) is 5.21. The Labute approximate surface area is 103 Å². The zero-order valence-corrected chi connectivity index (χ0v) is 11.2. The summed E-state index contributed by atoms with van der Waals surface area (Å²) in [6.45, 7) is 7.70. The number of nitrogens with one attached hydrogen (secondary N) is 2. The van der Waals surface area contributed by atoms with E-state index < -0.39 is 12.0 Å². The molecule has 0 aromatic carbocycles. The van der Waals surface area contributed by atoms with E-state index in [4.69, 9.17) is 5.11 Å². The van der Waals surface area contributed by atoms with Crippen molar-refractivity contribution in [3.63, 3.8) is 0 Å². The van der Waals surface area contributed by atoms with E-state index in [0.29, 0.717) is 6.42 Å². The van der Waals surface area contributed by atoms with Crippen LogP contribution in [-0.2, 0) is 9.59 Å². The summed E-state index contributed by atoms with van der Waals surface area (Å²) in [6, 6.07) is -0.638. The van der Waals surface area contributed by atoms with Gasteiger partial charge in [-0.15, -0.1) is 0 Å². The molecule has 0 aliphatic carbocycles. The van der Waals surface area contributed by atoms with Crippen molar-refractivity contribution in [2.75, 3.05) is 6.54 Å². The molecule has 0 aromatic rings. The number of unbranched alkanes of at least 4 members (excludes halogenated alkanes) is 1. The standard InChI is InChI=1S/C12H24N2O3/c1-5-6-7-9(11(16)17)13-8-10(15)14-12(2,3)4/h9,13H,5-8H2,1-4H3,(H,14,15)(H,16,17). The summed E-state index contributed by atoms with van der Waals surface area (Å²) in [5.74, 6) is -1.08. The monoisotopic (exact) mass is 244 g/mol. The van der Waals surface area contributed by atoms with E-state index in [1.165, 1.54) is 0 Å². The molecule has 0 aromatic heterocycles. The van der Waals surface area contributed by atoms with Gasteiger partial charge >= 0.3 is 5.97 Å². The lowest BCUT2D eigenvalue weighted by molar-refractivity contribution is -0.139. The molecule has 3 N–H and O–H groups in total. The molecule has 0 spiro atoms. The average Bonchev–Trinajstić information content (AvgIpc) is 2.14. The molecule has 0 fully saturated rings. The van der Waals surface area contributed by atoms with Gasteiger partial charge < -0.3 is 10.4 Å². The van der Waals surface area contributed by atoms with Gasteiger partial charge in [-0.2, -0.15) is 0 Å². The molecule has 1 atom stereocenters. The molecule has 0 radical (unpaired) electrons. The molecule has 0 aliphatic heterocycles. The first-order chi connectivity index (χ1) is 7.76. The van der Waals surface area contributed by atoms with Crippen molar-refractivity contribution in [1.82, 2.24) is 10.6 Å². The molecule has 0 bridgehead atoms. The van der Waals surface area contributed by atoms with Gasteiger partial charge in [-0.05, 0) is 27.2 Å². The Morgan fingerprint density at radius 3 is 2.29 bits per heavy atom. The van der Waals surface area contributed by atoms with Gasteiger partial charge in [0, 0.05) is 5.54 Å². The van der Waals surface area contributed by atoms with E-state index in [2.05, 4.69) is 10.6 Å². The smallest absolute Gasteiger partial charge is 0.320 e. The lowest BCUT2D eigenvalue weighted by Gasteiger charge is -2.21. The third-order valence-electron chi connectivity index (χ3n) is 2.17. The van der Waals surface area contributed by atoms with Crippen LogP contribution in [0.4, 0.5) is 0 Å². The van der Waals surface area contributed by atoms with Gasteiger partial charge in [0.1, 0.15) is 6.04 Å². The lowest BCUT2D eigenvalue weighted by atomic mass is 10.1. The first-order valence-electron chi connectivity index (χ1n) is 6.03. The van der Waals surface area contributed by atoms with Gasteiger partial charge in [-0.3, -0.25) is 14.9 Å². The van der Waals surface area contributed by atoms with Crippen LogP contribution in [0, 0.1) is 0 Å². The minimum absolute atomic E-state index is 0.0396. The van der Waals surface area contributed by atoms with Crippen LogP contribution in [0.3, 0.4) is 0 Å². The van der Waals surface area contributed by atoms with Gasteiger partial charge in [0.2, 0.25) is 5.91 Å². The molecule has 1 amide bonds. The predicted molar refractivity (Wildman–Crippen MR) is 66.8 cm³/mol. The van der Waals surface area contributed by atoms with Crippen molar-refractivity contribution in [3.8, 4) is 0 Å². The molecule has 1 unspecified atom stereocenters. The van der Waals surface area contributed by atoms with E-state index in [9.17, 15) is 9.59 Å². The quantitative estimate of drug-likeness (QED) is 0.627. The topological polar surface area (TPSA) is 78.4 Å². The number of hydrogen-bond donors (Lipinski definition) is 3. The minimum Gasteiger partial charge on any atom is -0.480 e. The minimum atomic E-state index is -0.901. The Hall–Kier alpha value is -1.10. The van der Waals surface area contributed by atoms with Gasteiger partial charge in [-0.1, -0.05) is 19.8 Å². The number of aliphatic carboxylic acids is 1. The van der Waals surface area contributed by atoms with E-state index in [0.717, 1.165) is 12.8 Å². The third kappa shape index (κ3) is 8.68. The fourth-order valence-corrected chi connectivity index (χ4v) is 1.40. The van der Waals surface area contributed by atoms with E-state index >= 15 is 0 Å². The maximum atomic E-state index is 11.5. The summed E-state index contributed by atoms with van der Waals surface area (Å²) in [4.78, 5) is 22.4. The molecular weight excluding hydrogens is 220 g/mol. The molecule has 5 nitrogen and oxygen atoms in total. The summed E-state index contributed by atoms with van der Waals surface area (Å²) in [5, 5.41) is 14.5. The van der Waals surface area contributed by atoms with Crippen LogP contribution in [-0.4, -0.2) is 35.1 Å². The summed E-state index contributed by atoms with van der Waals surface area (Å²) < 4.78 is 0. The maximum absolute atomic E-state index is 11.5. The normalized spacial score (nSPS) is 13.2. The zero-order chi connectivity index (χ0) is 13.5. The number of carbonyl (C=O) groups excluding carboxylic acids is 1. The molecule has 100 valence electrons. The van der Waals surface area contributed by atoms with Gasteiger partial charge in [0.25, 0.3) is 0 Å². The Bertz CT molecular complexity index is 259. The van der Waals surface area contributed by atoms with Crippen LogP contribution >= 0.6 is 0 Å². The van der Waals surface area contributed by atoms with E-state index in [1.807, 2.05) is 27.7 Å². The van der Waals surface area contributed by atoms with Crippen molar-refractivity contribution in [1.29, 1.82) is 0 Å². The zero-order valence-electron chi connectivity index (χ0n) is 11.2. The molecular formula is C12H24N2O3. The lowest BCUT2D eigenvalue weighted by Crippen LogP contribution is -2.48. The summed E-state index contributed by atoms with van der Waals surface area (Å²) >= 11 is 0. The van der Waals surface area contributed by atoms with Crippen molar-refractivity contribution in [2.24, 2.45) is 0 Å². The molecule has 0 rings (SSSR count). The van der Waals surface area contributed by atoms with Crippen molar-refractivity contribution in [2.45, 2.75) is 58.5 Å². The predicted octanol–water partition coefficient (Wildman–Crippen LogP) is 1.13. The van der Waals surface area contributed by atoms with E-state index in [-0.39, 0.29) is 18.0 Å². The average molecular weight is 244 g/mol. The Morgan fingerprint density at radius 2 is 1.88 bits per heavy atom. The molecule has 5 heteroatoms. The third-order valence-corrected chi connectivity index (χ3v) is 2.17. The Balaban J connectivity index is 4.04. The highest BCUT2D eigenvalue weighted by Crippen LogP contribution is 2.01. The molecule has 17 heavy (non-hydrogen) atoms. The summed E-state index contributed by atoms with van der Waals surface area (Å²) in [6.07, 6.45) is 2.33. The summed E-state index contributed by atoms with van der Waals surface area (Å²) in [7, 11) is 0. The first kappa shape index (κ1) is 15.9. The van der Waals surface area contributed by atoms with Crippen LogP contribution in [0.2, 0.25) is 0 Å². The largest absolute Gasteiger partial charge is 0.480 e. The van der Waals surface area contributed by atoms with Crippen molar-refractivity contribution >= 4 is 11.9 Å². The Kier molecular flexibility index (Phi) is 6.80. The molecule has 0 saturated carbocycles. The van der Waals surface area contributed by atoms with Crippen LogP contribution in [0.25, 0.3) is 0 Å². The maximum Gasteiger partial charge on any atom is 0.320 e. The van der Waals surface area contributed by atoms with Gasteiger partial charge in [0.15, 0.2) is 0 Å². The Morgan fingerprint density at radius 1 is 1.29 bits per heavy atom. The summed E-state index contributed by atoms with van der Waals surface area (Å²) in [5.41, 5.74) is -0.291. The second kappa shape index (κ2) is 7.27. The van der Waals surface area contributed by atoms with Crippen LogP contribution in [0.5, 0.6) is 0 Å². The SMILES string of the molecule is CCCCC(NCC(=O)NC(C)(C)C)C(=O)O. The highest BCUT2D eigenvalue weighted by Gasteiger charge is 2.19. The van der Waals surface area contributed by atoms with Crippen molar-refractivity contribution < 1.29 is 14.7 Å². The van der Waals surface area contributed by atoms with Gasteiger partial charge in [0.05, 0.1) is 6.54 Å². The van der Waals surface area contributed by atoms with Crippen LogP contribution in [0.15, 0.2) is 0 Å². The highest BCUT2D eigenvalue weighted by molar-refractivity contribution is 5.80. The molecule has 0 saturated heterocycles. The van der Waals surface area contributed by atoms with E-state index in [1.54, 1.807) is 0 Å². The number of carboxylic acids is 1. The van der Waals surface area contributed by atoms with Crippen molar-refractivity contribution in [3.05, 3.63) is 0 Å². The number of hydrogen-bond acceptors (Lipinski definition) is 3. The molecule has 0 heterocycles. The number of rotatable bonds is 7. The molecule has 0 aliphatic rings. The number of amides is 1.